The number of amides is 3. The van der Waals surface area contributed by atoms with Crippen LogP contribution in [-0.4, -0.2) is 63.9 Å². The molecule has 0 aliphatic carbocycles. The van der Waals surface area contributed by atoms with Crippen LogP contribution in [0.2, 0.25) is 0 Å². The Kier molecular flexibility index (Phi) is 9.51. The van der Waals surface area contributed by atoms with Gasteiger partial charge in [-0.15, -0.1) is 0 Å². The number of carbonyl (C=O) groups is 4. The summed E-state index contributed by atoms with van der Waals surface area (Å²) >= 11 is 0. The van der Waals surface area contributed by atoms with Gasteiger partial charge in [-0.2, -0.15) is 0 Å². The van der Waals surface area contributed by atoms with E-state index in [0.29, 0.717) is 25.1 Å². The largest absolute Gasteiger partial charge is 0.480 e. The fourth-order valence-corrected chi connectivity index (χ4v) is 2.30. The first kappa shape index (κ1) is 22.1. The summed E-state index contributed by atoms with van der Waals surface area (Å²) in [6, 6.07) is -2.11. The molecule has 1 heterocycles. The number of nitrogens with zero attached hydrogens (tertiary/aromatic N) is 1. The van der Waals surface area contributed by atoms with Gasteiger partial charge in [-0.25, -0.2) is 9.78 Å². The first-order valence-corrected chi connectivity index (χ1v) is 8.57. The van der Waals surface area contributed by atoms with Gasteiger partial charge >= 0.3 is 5.97 Å². The molecule has 0 saturated heterocycles. The zero-order chi connectivity index (χ0) is 20.2. The molecular weight excluding hydrogens is 356 g/mol. The first-order chi connectivity index (χ1) is 12.8. The molecule has 2 atom stereocenters. The number of nitrogens with one attached hydrogen (secondary N) is 4. The molecule has 0 unspecified atom stereocenters. The Morgan fingerprint density at radius 1 is 1.22 bits per heavy atom. The number of carboxylic acid groups (broad SMARTS) is 1. The van der Waals surface area contributed by atoms with Crippen LogP contribution in [0.3, 0.4) is 0 Å². The smallest absolute Gasteiger partial charge is 0.326 e. The van der Waals surface area contributed by atoms with E-state index in [1.807, 2.05) is 0 Å². The molecule has 7 N–H and O–H groups in total. The molecule has 0 aliphatic heterocycles. The van der Waals surface area contributed by atoms with E-state index in [4.69, 9.17) is 5.73 Å². The molecule has 0 fully saturated rings. The SMILES string of the molecule is CC(=O)NCC(=O)N[C@@H](Cc1cnc[nH]1)C(=O)N[C@@H](CCCCN)C(=O)O. The summed E-state index contributed by atoms with van der Waals surface area (Å²) in [7, 11) is 0. The highest BCUT2D eigenvalue weighted by Crippen LogP contribution is 2.04. The number of hydrogen-bond donors (Lipinski definition) is 6. The number of unbranched alkanes of at least 4 members (excludes halogenated alkanes) is 1. The van der Waals surface area contributed by atoms with Crippen molar-refractivity contribution < 1.29 is 24.3 Å². The predicted octanol–water partition coefficient (Wildman–Crippen LogP) is -1.73. The fraction of sp³-hybridized carbons (Fsp3) is 0.562. The standard InChI is InChI=1S/C16H26N6O5/c1-10(23)19-8-14(24)21-13(6-11-7-18-9-20-11)15(25)22-12(16(26)27)4-2-3-5-17/h7,9,12-13H,2-6,8,17H2,1H3,(H,18,20)(H,19,23)(H,21,24)(H,22,25)(H,26,27)/t12-,13-/m0/s1. The summed E-state index contributed by atoms with van der Waals surface area (Å²) in [6.07, 6.45) is 4.44. The Bertz CT molecular complexity index is 633. The Hall–Kier alpha value is -2.95. The van der Waals surface area contributed by atoms with Crippen molar-refractivity contribution in [2.24, 2.45) is 5.73 Å². The van der Waals surface area contributed by atoms with Gasteiger partial charge in [0.2, 0.25) is 17.7 Å². The number of aromatic nitrogens is 2. The van der Waals surface area contributed by atoms with Gasteiger partial charge in [0.25, 0.3) is 0 Å². The van der Waals surface area contributed by atoms with Crippen LogP contribution in [0.5, 0.6) is 0 Å². The molecule has 11 heteroatoms. The number of rotatable bonds is 12. The minimum atomic E-state index is -1.16. The van der Waals surface area contributed by atoms with Crippen molar-refractivity contribution in [3.63, 3.8) is 0 Å². The molecule has 11 nitrogen and oxygen atoms in total. The highest BCUT2D eigenvalue weighted by atomic mass is 16.4. The number of H-pyrrole nitrogens is 1. The molecule has 0 bridgehead atoms. The topological polar surface area (TPSA) is 179 Å². The molecule has 0 saturated carbocycles. The third-order valence-electron chi connectivity index (χ3n) is 3.69. The zero-order valence-corrected chi connectivity index (χ0v) is 15.2. The lowest BCUT2D eigenvalue weighted by atomic mass is 10.1. The van der Waals surface area contributed by atoms with Crippen LogP contribution in [0.4, 0.5) is 0 Å². The van der Waals surface area contributed by atoms with Crippen molar-refractivity contribution in [3.8, 4) is 0 Å². The first-order valence-electron chi connectivity index (χ1n) is 8.57. The number of carboxylic acids is 1. The highest BCUT2D eigenvalue weighted by molar-refractivity contribution is 5.91. The van der Waals surface area contributed by atoms with Gasteiger partial charge in [0.15, 0.2) is 0 Å². The van der Waals surface area contributed by atoms with E-state index in [-0.39, 0.29) is 25.3 Å². The van der Waals surface area contributed by atoms with Gasteiger partial charge in [-0.1, -0.05) is 0 Å². The van der Waals surface area contributed by atoms with E-state index >= 15 is 0 Å². The molecule has 27 heavy (non-hydrogen) atoms. The van der Waals surface area contributed by atoms with Gasteiger partial charge in [-0.3, -0.25) is 14.4 Å². The molecule has 0 aromatic carbocycles. The normalized spacial score (nSPS) is 12.7. The summed E-state index contributed by atoms with van der Waals surface area (Å²) in [6.45, 7) is 1.41. The molecule has 1 aromatic heterocycles. The third-order valence-corrected chi connectivity index (χ3v) is 3.69. The van der Waals surface area contributed by atoms with E-state index in [2.05, 4.69) is 25.9 Å². The van der Waals surface area contributed by atoms with Gasteiger partial charge in [-0.05, 0) is 25.8 Å². The van der Waals surface area contributed by atoms with Crippen LogP contribution < -0.4 is 21.7 Å². The molecule has 0 radical (unpaired) electrons. The van der Waals surface area contributed by atoms with E-state index in [1.165, 1.54) is 19.4 Å². The van der Waals surface area contributed by atoms with E-state index in [0.717, 1.165) is 0 Å². The van der Waals surface area contributed by atoms with Crippen LogP contribution in [0.25, 0.3) is 0 Å². The predicted molar refractivity (Wildman–Crippen MR) is 95.4 cm³/mol. The summed E-state index contributed by atoms with van der Waals surface area (Å²) in [5.41, 5.74) is 5.99. The second-order valence-corrected chi connectivity index (χ2v) is 5.99. The summed E-state index contributed by atoms with van der Waals surface area (Å²) in [4.78, 5) is 53.5. The van der Waals surface area contributed by atoms with Crippen LogP contribution in [0.1, 0.15) is 31.9 Å². The Morgan fingerprint density at radius 3 is 2.52 bits per heavy atom. The van der Waals surface area contributed by atoms with Crippen LogP contribution in [0.15, 0.2) is 12.5 Å². The second-order valence-electron chi connectivity index (χ2n) is 5.99. The Morgan fingerprint density at radius 2 is 1.96 bits per heavy atom. The second kappa shape index (κ2) is 11.6. The molecule has 0 aliphatic rings. The van der Waals surface area contributed by atoms with Crippen molar-refractivity contribution in [2.45, 2.75) is 44.7 Å². The summed E-state index contributed by atoms with van der Waals surface area (Å²) in [5, 5.41) is 16.6. The summed E-state index contributed by atoms with van der Waals surface area (Å²) in [5.74, 6) is -2.75. The Balaban J connectivity index is 2.76. The minimum absolute atomic E-state index is 0.0901. The average molecular weight is 382 g/mol. The van der Waals surface area contributed by atoms with Crippen molar-refractivity contribution in [1.29, 1.82) is 0 Å². The fourth-order valence-electron chi connectivity index (χ4n) is 2.30. The van der Waals surface area contributed by atoms with Gasteiger partial charge < -0.3 is 31.8 Å². The van der Waals surface area contributed by atoms with Gasteiger partial charge in [0.1, 0.15) is 12.1 Å². The van der Waals surface area contributed by atoms with Crippen LogP contribution >= 0.6 is 0 Å². The number of aliphatic carboxylic acids is 1. The van der Waals surface area contributed by atoms with Crippen molar-refractivity contribution >= 4 is 23.7 Å². The molecular formula is C16H26N6O5. The molecule has 0 spiro atoms. The monoisotopic (exact) mass is 382 g/mol. The molecule has 150 valence electrons. The van der Waals surface area contributed by atoms with E-state index < -0.39 is 29.9 Å². The van der Waals surface area contributed by atoms with Crippen molar-refractivity contribution in [2.75, 3.05) is 13.1 Å². The molecule has 1 rings (SSSR count). The number of carbonyl (C=O) groups excluding carboxylic acids is 3. The number of imidazole rings is 1. The lowest BCUT2D eigenvalue weighted by molar-refractivity contribution is -0.142. The molecule has 3 amide bonds. The maximum atomic E-state index is 12.6. The number of nitrogens with two attached hydrogens (primary N) is 1. The Labute approximate surface area is 156 Å². The van der Waals surface area contributed by atoms with Gasteiger partial charge in [0, 0.05) is 25.2 Å². The maximum Gasteiger partial charge on any atom is 0.326 e. The van der Waals surface area contributed by atoms with Crippen molar-refractivity contribution in [3.05, 3.63) is 18.2 Å². The van der Waals surface area contributed by atoms with Crippen molar-refractivity contribution in [1.82, 2.24) is 25.9 Å². The van der Waals surface area contributed by atoms with Crippen LogP contribution in [-0.2, 0) is 25.6 Å². The zero-order valence-electron chi connectivity index (χ0n) is 15.2. The van der Waals surface area contributed by atoms with E-state index in [9.17, 15) is 24.3 Å². The highest BCUT2D eigenvalue weighted by Gasteiger charge is 2.26. The van der Waals surface area contributed by atoms with E-state index in [1.54, 1.807) is 0 Å². The number of aromatic amines is 1. The summed E-state index contributed by atoms with van der Waals surface area (Å²) < 4.78 is 0. The number of hydrogen-bond acceptors (Lipinski definition) is 6. The lowest BCUT2D eigenvalue weighted by Gasteiger charge is -2.21. The maximum absolute atomic E-state index is 12.6. The van der Waals surface area contributed by atoms with Crippen LogP contribution in [0, 0.1) is 0 Å². The minimum Gasteiger partial charge on any atom is -0.480 e. The average Bonchev–Trinajstić information content (AvgIpc) is 3.11. The third kappa shape index (κ3) is 8.81. The lowest BCUT2D eigenvalue weighted by Crippen LogP contribution is -2.53. The van der Waals surface area contributed by atoms with Gasteiger partial charge in [0.05, 0.1) is 12.9 Å². The quantitative estimate of drug-likeness (QED) is 0.232. The molecule has 1 aromatic rings.